The number of carbonyl (C=O) groups is 2. The van der Waals surface area contributed by atoms with E-state index < -0.39 is 0 Å². The van der Waals surface area contributed by atoms with E-state index in [-0.39, 0.29) is 41.7 Å². The third kappa shape index (κ3) is 5.67. The highest BCUT2D eigenvalue weighted by Crippen LogP contribution is 2.33. The van der Waals surface area contributed by atoms with E-state index in [1.807, 2.05) is 16.7 Å². The second kappa shape index (κ2) is 11.2. The average Bonchev–Trinajstić information content (AvgIpc) is 3.44. The highest BCUT2D eigenvalue weighted by Gasteiger charge is 2.42. The fraction of sp³-hybridized carbons (Fsp3) is 0.481. The van der Waals surface area contributed by atoms with Crippen molar-refractivity contribution in [3.63, 3.8) is 0 Å². The van der Waals surface area contributed by atoms with Crippen molar-refractivity contribution in [2.24, 2.45) is 0 Å². The molecule has 0 bridgehead atoms. The molecule has 5 rings (SSSR count). The molecule has 0 radical (unpaired) electrons. The van der Waals surface area contributed by atoms with Gasteiger partial charge in [0.2, 0.25) is 5.91 Å². The highest BCUT2D eigenvalue weighted by atomic mass is 32.2. The number of fused-ring (bicyclic) bond motifs is 1. The van der Waals surface area contributed by atoms with Crippen molar-refractivity contribution in [3.8, 4) is 0 Å². The summed E-state index contributed by atoms with van der Waals surface area (Å²) in [4.78, 5) is 28.6. The van der Waals surface area contributed by atoms with Crippen LogP contribution in [0.4, 0.5) is 13.6 Å². The Morgan fingerprint density at radius 1 is 0.917 bits per heavy atom. The summed E-state index contributed by atoms with van der Waals surface area (Å²) in [7, 11) is 0. The first-order valence-electron chi connectivity index (χ1n) is 12.7. The molecule has 192 valence electrons. The number of nitrogens with one attached hydrogen (secondary N) is 2. The SMILES string of the molecule is O=C1N[C@@H]2[C@@H](CS[C@@H]2CCCCC(=O)N2CCN(C(c3ccc(F)cc3)c3ccc(F)cc3)CC2)N1. The fourth-order valence-electron chi connectivity index (χ4n) is 5.56. The highest BCUT2D eigenvalue weighted by molar-refractivity contribution is 8.00. The molecule has 2 aromatic carbocycles. The number of thioether (sulfide) groups is 1. The van der Waals surface area contributed by atoms with Gasteiger partial charge in [-0.05, 0) is 48.2 Å². The second-order valence-electron chi connectivity index (χ2n) is 9.79. The van der Waals surface area contributed by atoms with Crippen LogP contribution in [0.2, 0.25) is 0 Å². The van der Waals surface area contributed by atoms with Crippen molar-refractivity contribution in [2.45, 2.75) is 49.1 Å². The van der Waals surface area contributed by atoms with Crippen LogP contribution < -0.4 is 10.6 Å². The number of amides is 3. The van der Waals surface area contributed by atoms with E-state index in [2.05, 4.69) is 15.5 Å². The van der Waals surface area contributed by atoms with E-state index in [1.54, 1.807) is 24.3 Å². The van der Waals surface area contributed by atoms with Gasteiger partial charge in [0.15, 0.2) is 0 Å². The quantitative estimate of drug-likeness (QED) is 0.414. The first-order chi connectivity index (χ1) is 17.5. The van der Waals surface area contributed by atoms with Crippen LogP contribution in [-0.2, 0) is 4.79 Å². The van der Waals surface area contributed by atoms with Crippen LogP contribution in [0.3, 0.4) is 0 Å². The molecular formula is C27H32F2N4O2S. The number of nitrogens with zero attached hydrogens (tertiary/aromatic N) is 2. The van der Waals surface area contributed by atoms with Gasteiger partial charge in [0.05, 0.1) is 18.1 Å². The number of benzene rings is 2. The van der Waals surface area contributed by atoms with Gasteiger partial charge in [-0.3, -0.25) is 9.69 Å². The van der Waals surface area contributed by atoms with Crippen LogP contribution in [0.5, 0.6) is 0 Å². The largest absolute Gasteiger partial charge is 0.340 e. The van der Waals surface area contributed by atoms with Gasteiger partial charge < -0.3 is 15.5 Å². The number of unbranched alkanes of at least 4 members (excludes halogenated alkanes) is 1. The minimum Gasteiger partial charge on any atom is -0.340 e. The van der Waals surface area contributed by atoms with Crippen LogP contribution in [0.25, 0.3) is 0 Å². The average molecular weight is 515 g/mol. The lowest BCUT2D eigenvalue weighted by molar-refractivity contribution is -0.133. The first kappa shape index (κ1) is 25.0. The Bertz CT molecular complexity index is 1010. The summed E-state index contributed by atoms with van der Waals surface area (Å²) in [6.45, 7) is 2.66. The van der Waals surface area contributed by atoms with Gasteiger partial charge in [-0.15, -0.1) is 0 Å². The Labute approximate surface area is 214 Å². The fourth-order valence-corrected chi connectivity index (χ4v) is 7.10. The summed E-state index contributed by atoms with van der Waals surface area (Å²) >= 11 is 1.90. The van der Waals surface area contributed by atoms with Crippen molar-refractivity contribution >= 4 is 23.7 Å². The van der Waals surface area contributed by atoms with Gasteiger partial charge in [0.1, 0.15) is 11.6 Å². The molecule has 9 heteroatoms. The molecule has 3 atom stereocenters. The van der Waals surface area contributed by atoms with E-state index in [4.69, 9.17) is 0 Å². The van der Waals surface area contributed by atoms with E-state index in [0.29, 0.717) is 37.8 Å². The topological polar surface area (TPSA) is 64.7 Å². The Morgan fingerprint density at radius 3 is 2.14 bits per heavy atom. The summed E-state index contributed by atoms with van der Waals surface area (Å²) in [5.41, 5.74) is 1.90. The molecule has 3 aliphatic heterocycles. The number of piperazine rings is 1. The summed E-state index contributed by atoms with van der Waals surface area (Å²) < 4.78 is 27.1. The lowest BCUT2D eigenvalue weighted by Gasteiger charge is -2.40. The van der Waals surface area contributed by atoms with Crippen molar-refractivity contribution < 1.29 is 18.4 Å². The number of hydrogen-bond donors (Lipinski definition) is 2. The van der Waals surface area contributed by atoms with Gasteiger partial charge in [0.25, 0.3) is 0 Å². The molecule has 0 unspecified atom stereocenters. The Kier molecular flexibility index (Phi) is 7.76. The molecule has 3 aliphatic rings. The van der Waals surface area contributed by atoms with Crippen LogP contribution >= 0.6 is 11.8 Å². The van der Waals surface area contributed by atoms with Crippen LogP contribution in [-0.4, -0.2) is 71.0 Å². The van der Waals surface area contributed by atoms with Gasteiger partial charge in [-0.25, -0.2) is 13.6 Å². The molecule has 3 amide bonds. The van der Waals surface area contributed by atoms with E-state index >= 15 is 0 Å². The van der Waals surface area contributed by atoms with Gasteiger partial charge >= 0.3 is 6.03 Å². The number of carbonyl (C=O) groups excluding carboxylic acids is 2. The molecule has 2 N–H and O–H groups in total. The first-order valence-corrected chi connectivity index (χ1v) is 13.7. The summed E-state index contributed by atoms with van der Waals surface area (Å²) in [5.74, 6) is 0.558. The van der Waals surface area contributed by atoms with Crippen molar-refractivity contribution in [1.29, 1.82) is 0 Å². The van der Waals surface area contributed by atoms with Crippen molar-refractivity contribution in [2.75, 3.05) is 31.9 Å². The number of halogens is 2. The zero-order valence-electron chi connectivity index (χ0n) is 20.2. The summed E-state index contributed by atoms with van der Waals surface area (Å²) in [6, 6.07) is 13.2. The minimum atomic E-state index is -0.289. The normalized spacial score (nSPS) is 24.0. The van der Waals surface area contributed by atoms with Crippen LogP contribution in [0, 0.1) is 11.6 Å². The zero-order chi connectivity index (χ0) is 25.1. The molecule has 3 saturated heterocycles. The van der Waals surface area contributed by atoms with E-state index in [1.165, 1.54) is 24.3 Å². The maximum Gasteiger partial charge on any atom is 0.315 e. The summed E-state index contributed by atoms with van der Waals surface area (Å²) in [6.07, 6.45) is 3.36. The van der Waals surface area contributed by atoms with Crippen LogP contribution in [0.1, 0.15) is 42.9 Å². The van der Waals surface area contributed by atoms with Crippen molar-refractivity contribution in [1.82, 2.24) is 20.4 Å². The van der Waals surface area contributed by atoms with Gasteiger partial charge in [-0.2, -0.15) is 11.8 Å². The second-order valence-corrected chi connectivity index (χ2v) is 11.1. The molecule has 0 aromatic heterocycles. The molecular weight excluding hydrogens is 482 g/mol. The van der Waals surface area contributed by atoms with E-state index in [9.17, 15) is 18.4 Å². The lowest BCUT2D eigenvalue weighted by atomic mass is 9.96. The van der Waals surface area contributed by atoms with E-state index in [0.717, 1.165) is 36.1 Å². The monoisotopic (exact) mass is 514 g/mol. The van der Waals surface area contributed by atoms with Crippen LogP contribution in [0.15, 0.2) is 48.5 Å². The summed E-state index contributed by atoms with van der Waals surface area (Å²) in [5, 5.41) is 6.41. The zero-order valence-corrected chi connectivity index (χ0v) is 21.0. The Morgan fingerprint density at radius 2 is 1.53 bits per heavy atom. The maximum absolute atomic E-state index is 13.5. The van der Waals surface area contributed by atoms with Gasteiger partial charge in [0, 0.05) is 43.6 Å². The lowest BCUT2D eigenvalue weighted by Crippen LogP contribution is -2.49. The molecule has 3 fully saturated rings. The molecule has 0 saturated carbocycles. The number of hydrogen-bond acceptors (Lipinski definition) is 4. The number of urea groups is 1. The third-order valence-electron chi connectivity index (χ3n) is 7.47. The third-order valence-corrected chi connectivity index (χ3v) is 8.98. The predicted octanol–water partition coefficient (Wildman–Crippen LogP) is 3.92. The molecule has 0 spiro atoms. The number of rotatable bonds is 8. The Hall–Kier alpha value is -2.65. The maximum atomic E-state index is 13.5. The molecule has 0 aliphatic carbocycles. The molecule has 2 aromatic rings. The van der Waals surface area contributed by atoms with Crippen molar-refractivity contribution in [3.05, 3.63) is 71.3 Å². The molecule has 3 heterocycles. The predicted molar refractivity (Wildman–Crippen MR) is 137 cm³/mol. The standard InChI is InChI=1S/C27H32F2N4O2S/c28-20-9-5-18(6-10-20)26(19-7-11-21(29)12-8-19)33-15-13-32(14-16-33)24(34)4-2-1-3-23-25-22(17-36-23)30-27(35)31-25/h5-12,22-23,25-26H,1-4,13-17H2,(H2,30,31,35)/t22-,23-,25-/m1/s1. The minimum absolute atomic E-state index is 0.0642. The van der Waals surface area contributed by atoms with Gasteiger partial charge in [-0.1, -0.05) is 30.7 Å². The molecule has 36 heavy (non-hydrogen) atoms. The smallest absolute Gasteiger partial charge is 0.315 e. The molecule has 6 nitrogen and oxygen atoms in total. The Balaban J connectivity index is 1.12.